The number of nitrogen functional groups attached to an aromatic ring is 1. The number of rotatable bonds is 5. The van der Waals surface area contributed by atoms with Crippen molar-refractivity contribution in [1.82, 2.24) is 14.9 Å². The van der Waals surface area contributed by atoms with E-state index in [0.29, 0.717) is 17.9 Å². The van der Waals surface area contributed by atoms with Gasteiger partial charge in [0.05, 0.1) is 23.8 Å². The molecular formula is C20H20N4O3. The molecule has 1 aromatic carbocycles. The summed E-state index contributed by atoms with van der Waals surface area (Å²) in [6, 6.07) is 12.7. The van der Waals surface area contributed by atoms with Crippen molar-refractivity contribution >= 4 is 11.9 Å². The Morgan fingerprint density at radius 2 is 2.11 bits per heavy atom. The largest absolute Gasteiger partial charge is 0.478 e. The first-order chi connectivity index (χ1) is 13.1. The number of carbonyl (C=O) groups is 1. The summed E-state index contributed by atoms with van der Waals surface area (Å²) >= 11 is 0. The highest BCUT2D eigenvalue weighted by Gasteiger charge is 2.28. The molecule has 3 aromatic rings. The maximum absolute atomic E-state index is 11.4. The third kappa shape index (κ3) is 3.54. The SMILES string of the molecule is Nc1nccc(C2CCCN2Cc2ccc(-c3ccccc3C(=O)O)o2)n1. The van der Waals surface area contributed by atoms with E-state index in [4.69, 9.17) is 10.2 Å². The first kappa shape index (κ1) is 17.2. The van der Waals surface area contributed by atoms with E-state index in [1.807, 2.05) is 18.2 Å². The maximum atomic E-state index is 11.4. The number of carboxylic acid groups (broad SMARTS) is 1. The number of benzene rings is 1. The summed E-state index contributed by atoms with van der Waals surface area (Å²) in [6.45, 7) is 1.57. The molecule has 0 aliphatic carbocycles. The molecule has 7 heteroatoms. The minimum absolute atomic E-state index is 0.176. The van der Waals surface area contributed by atoms with Crippen LogP contribution in [0.25, 0.3) is 11.3 Å². The van der Waals surface area contributed by atoms with E-state index in [1.54, 1.807) is 30.5 Å². The Labute approximate surface area is 156 Å². The van der Waals surface area contributed by atoms with E-state index >= 15 is 0 Å². The second-order valence-electron chi connectivity index (χ2n) is 6.58. The van der Waals surface area contributed by atoms with E-state index in [0.717, 1.165) is 30.8 Å². The summed E-state index contributed by atoms with van der Waals surface area (Å²) in [6.07, 6.45) is 3.76. The van der Waals surface area contributed by atoms with Crippen LogP contribution in [-0.2, 0) is 6.54 Å². The zero-order chi connectivity index (χ0) is 18.8. The number of hydrogen-bond acceptors (Lipinski definition) is 6. The predicted octanol–water partition coefficient (Wildman–Crippen LogP) is 3.35. The molecular weight excluding hydrogens is 344 g/mol. The van der Waals surface area contributed by atoms with Gasteiger partial charge < -0.3 is 15.3 Å². The Kier molecular flexibility index (Phi) is 4.60. The molecule has 138 valence electrons. The topological polar surface area (TPSA) is 105 Å². The van der Waals surface area contributed by atoms with Gasteiger partial charge in [-0.1, -0.05) is 18.2 Å². The van der Waals surface area contributed by atoms with Gasteiger partial charge in [0.15, 0.2) is 0 Å². The minimum atomic E-state index is -0.968. The van der Waals surface area contributed by atoms with Gasteiger partial charge in [-0.2, -0.15) is 0 Å². The number of furan rings is 1. The van der Waals surface area contributed by atoms with Gasteiger partial charge in [0.25, 0.3) is 0 Å². The van der Waals surface area contributed by atoms with Gasteiger partial charge in [-0.3, -0.25) is 4.90 Å². The number of likely N-dealkylation sites (tertiary alicyclic amines) is 1. The van der Waals surface area contributed by atoms with Crippen LogP contribution in [0.2, 0.25) is 0 Å². The number of nitrogens with two attached hydrogens (primary N) is 1. The Hall–Kier alpha value is -3.19. The third-order valence-corrected chi connectivity index (χ3v) is 4.84. The van der Waals surface area contributed by atoms with Crippen molar-refractivity contribution in [2.45, 2.75) is 25.4 Å². The molecule has 1 saturated heterocycles. The first-order valence-electron chi connectivity index (χ1n) is 8.85. The van der Waals surface area contributed by atoms with Crippen molar-refractivity contribution in [2.75, 3.05) is 12.3 Å². The smallest absolute Gasteiger partial charge is 0.336 e. The van der Waals surface area contributed by atoms with Crippen LogP contribution in [0, 0.1) is 0 Å². The van der Waals surface area contributed by atoms with Crippen molar-refractivity contribution in [2.24, 2.45) is 0 Å². The molecule has 27 heavy (non-hydrogen) atoms. The van der Waals surface area contributed by atoms with Gasteiger partial charge in [-0.25, -0.2) is 14.8 Å². The molecule has 4 rings (SSSR count). The maximum Gasteiger partial charge on any atom is 0.336 e. The Bertz CT molecular complexity index is 969. The van der Waals surface area contributed by atoms with Gasteiger partial charge in [0.1, 0.15) is 11.5 Å². The predicted molar refractivity (Wildman–Crippen MR) is 99.9 cm³/mol. The van der Waals surface area contributed by atoms with E-state index in [2.05, 4.69) is 14.9 Å². The van der Waals surface area contributed by atoms with Crippen LogP contribution in [0.3, 0.4) is 0 Å². The molecule has 3 N–H and O–H groups in total. The van der Waals surface area contributed by atoms with E-state index in [9.17, 15) is 9.90 Å². The lowest BCUT2D eigenvalue weighted by atomic mass is 10.1. The lowest BCUT2D eigenvalue weighted by Crippen LogP contribution is -2.23. The fourth-order valence-electron chi connectivity index (χ4n) is 3.62. The minimum Gasteiger partial charge on any atom is -0.478 e. The number of nitrogens with zero attached hydrogens (tertiary/aromatic N) is 3. The molecule has 1 atom stereocenters. The molecule has 0 amide bonds. The number of anilines is 1. The molecule has 1 fully saturated rings. The number of aromatic nitrogens is 2. The quantitative estimate of drug-likeness (QED) is 0.715. The molecule has 0 saturated carbocycles. The Morgan fingerprint density at radius 1 is 1.26 bits per heavy atom. The van der Waals surface area contributed by atoms with Gasteiger partial charge >= 0.3 is 5.97 Å². The normalized spacial score (nSPS) is 17.3. The molecule has 3 heterocycles. The van der Waals surface area contributed by atoms with Crippen molar-refractivity contribution in [1.29, 1.82) is 0 Å². The average Bonchev–Trinajstić information content (AvgIpc) is 3.32. The Morgan fingerprint density at radius 3 is 2.93 bits per heavy atom. The summed E-state index contributed by atoms with van der Waals surface area (Å²) in [5.74, 6) is 0.665. The lowest BCUT2D eigenvalue weighted by molar-refractivity contribution is 0.0697. The fourth-order valence-corrected chi connectivity index (χ4v) is 3.62. The number of hydrogen-bond donors (Lipinski definition) is 2. The number of aromatic carboxylic acids is 1. The van der Waals surface area contributed by atoms with Gasteiger partial charge in [0.2, 0.25) is 5.95 Å². The standard InChI is InChI=1S/C20H20N4O3/c21-20-22-10-9-16(23-20)17-6-3-11-24(17)12-13-7-8-18(27-13)14-4-1-2-5-15(14)19(25)26/h1-2,4-5,7-10,17H,3,6,11-12H2,(H,25,26)(H2,21,22,23). The zero-order valence-electron chi connectivity index (χ0n) is 14.7. The van der Waals surface area contributed by atoms with Crippen LogP contribution >= 0.6 is 0 Å². The van der Waals surface area contributed by atoms with E-state index < -0.39 is 5.97 Å². The van der Waals surface area contributed by atoms with Crippen molar-refractivity contribution in [3.8, 4) is 11.3 Å². The van der Waals surface area contributed by atoms with Crippen LogP contribution in [0.1, 0.15) is 40.7 Å². The molecule has 0 bridgehead atoms. The molecule has 0 spiro atoms. The second-order valence-corrected chi connectivity index (χ2v) is 6.58. The summed E-state index contributed by atoms with van der Waals surface area (Å²) in [7, 11) is 0. The van der Waals surface area contributed by atoms with Crippen LogP contribution in [0.15, 0.2) is 53.1 Å². The van der Waals surface area contributed by atoms with E-state index in [1.165, 1.54) is 0 Å². The average molecular weight is 364 g/mol. The van der Waals surface area contributed by atoms with Crippen molar-refractivity contribution < 1.29 is 14.3 Å². The van der Waals surface area contributed by atoms with Gasteiger partial charge in [-0.05, 0) is 43.7 Å². The summed E-state index contributed by atoms with van der Waals surface area (Å²) in [5.41, 5.74) is 7.45. The summed E-state index contributed by atoms with van der Waals surface area (Å²) < 4.78 is 5.97. The number of carboxylic acids is 1. The van der Waals surface area contributed by atoms with Crippen LogP contribution in [-0.4, -0.2) is 32.5 Å². The Balaban J connectivity index is 1.55. The van der Waals surface area contributed by atoms with Crippen LogP contribution in [0.5, 0.6) is 0 Å². The monoisotopic (exact) mass is 364 g/mol. The molecule has 1 unspecified atom stereocenters. The summed E-state index contributed by atoms with van der Waals surface area (Å²) in [5, 5.41) is 9.37. The van der Waals surface area contributed by atoms with Crippen LogP contribution in [0.4, 0.5) is 5.95 Å². The third-order valence-electron chi connectivity index (χ3n) is 4.84. The summed E-state index contributed by atoms with van der Waals surface area (Å²) in [4.78, 5) is 22.1. The molecule has 2 aromatic heterocycles. The highest BCUT2D eigenvalue weighted by atomic mass is 16.4. The molecule has 7 nitrogen and oxygen atoms in total. The molecule has 0 radical (unpaired) electrons. The highest BCUT2D eigenvalue weighted by Crippen LogP contribution is 2.33. The van der Waals surface area contributed by atoms with Crippen molar-refractivity contribution in [3.63, 3.8) is 0 Å². The highest BCUT2D eigenvalue weighted by molar-refractivity contribution is 5.95. The first-order valence-corrected chi connectivity index (χ1v) is 8.85. The van der Waals surface area contributed by atoms with E-state index in [-0.39, 0.29) is 17.6 Å². The lowest BCUT2D eigenvalue weighted by Gasteiger charge is -2.22. The van der Waals surface area contributed by atoms with Gasteiger partial charge in [-0.15, -0.1) is 0 Å². The van der Waals surface area contributed by atoms with Gasteiger partial charge in [0, 0.05) is 11.8 Å². The molecule has 1 aliphatic rings. The zero-order valence-corrected chi connectivity index (χ0v) is 14.7. The van der Waals surface area contributed by atoms with Crippen molar-refractivity contribution in [3.05, 3.63) is 65.7 Å². The van der Waals surface area contributed by atoms with Crippen LogP contribution < -0.4 is 5.73 Å². The second kappa shape index (κ2) is 7.20. The fraction of sp³-hybridized carbons (Fsp3) is 0.250. The molecule has 1 aliphatic heterocycles.